The van der Waals surface area contributed by atoms with Crippen molar-refractivity contribution < 1.29 is 9.90 Å². The number of aromatic nitrogens is 1. The first-order chi connectivity index (χ1) is 10.7. The van der Waals surface area contributed by atoms with Crippen molar-refractivity contribution in [2.75, 3.05) is 32.8 Å². The summed E-state index contributed by atoms with van der Waals surface area (Å²) in [6.07, 6.45) is 0.933. The smallest absolute Gasteiger partial charge is 0.282 e. The van der Waals surface area contributed by atoms with Crippen LogP contribution in [0.25, 0.3) is 10.2 Å². The molecule has 1 saturated heterocycles. The van der Waals surface area contributed by atoms with E-state index in [-0.39, 0.29) is 18.6 Å². The third-order valence-corrected chi connectivity index (χ3v) is 5.30. The quantitative estimate of drug-likeness (QED) is 0.934. The third-order valence-electron chi connectivity index (χ3n) is 4.28. The van der Waals surface area contributed by atoms with Gasteiger partial charge in [-0.3, -0.25) is 9.69 Å². The van der Waals surface area contributed by atoms with Gasteiger partial charge in [0.1, 0.15) is 0 Å². The number of aliphatic hydroxyl groups is 1. The molecule has 0 saturated carbocycles. The van der Waals surface area contributed by atoms with Gasteiger partial charge in [-0.2, -0.15) is 0 Å². The van der Waals surface area contributed by atoms with Gasteiger partial charge >= 0.3 is 0 Å². The standard InChI is InChI=1S/C16H21N3O2S/c1-2-12(11-20)18-7-9-19(10-8-18)16(21)15-17-13-5-3-4-6-14(13)22-15/h3-6,12,20H,2,7-11H2,1H3. The molecule has 1 aromatic heterocycles. The summed E-state index contributed by atoms with van der Waals surface area (Å²) in [4.78, 5) is 21.2. The topological polar surface area (TPSA) is 56.7 Å². The van der Waals surface area contributed by atoms with Gasteiger partial charge in [0.25, 0.3) is 5.91 Å². The van der Waals surface area contributed by atoms with E-state index < -0.39 is 0 Å². The van der Waals surface area contributed by atoms with Gasteiger partial charge in [0, 0.05) is 32.2 Å². The minimum atomic E-state index is 0.0258. The molecule has 2 heterocycles. The number of aliphatic hydroxyl groups excluding tert-OH is 1. The summed E-state index contributed by atoms with van der Waals surface area (Å²) in [6, 6.07) is 8.05. The first-order valence-corrected chi connectivity index (χ1v) is 8.54. The summed E-state index contributed by atoms with van der Waals surface area (Å²) in [5, 5.41) is 9.95. The van der Waals surface area contributed by atoms with Crippen LogP contribution in [0.4, 0.5) is 0 Å². The van der Waals surface area contributed by atoms with E-state index >= 15 is 0 Å². The maximum Gasteiger partial charge on any atom is 0.282 e. The molecule has 5 nitrogen and oxygen atoms in total. The van der Waals surface area contributed by atoms with E-state index in [1.54, 1.807) is 0 Å². The van der Waals surface area contributed by atoms with Gasteiger partial charge in [0.15, 0.2) is 5.01 Å². The Kier molecular flexibility index (Phi) is 4.71. The van der Waals surface area contributed by atoms with E-state index in [1.165, 1.54) is 11.3 Å². The minimum absolute atomic E-state index is 0.0258. The lowest BCUT2D eigenvalue weighted by atomic mass is 10.1. The monoisotopic (exact) mass is 319 g/mol. The molecule has 1 aromatic carbocycles. The van der Waals surface area contributed by atoms with Crippen LogP contribution >= 0.6 is 11.3 Å². The first-order valence-electron chi connectivity index (χ1n) is 7.72. The molecular weight excluding hydrogens is 298 g/mol. The Morgan fingerprint density at radius 3 is 2.68 bits per heavy atom. The predicted octanol–water partition coefficient (Wildman–Crippen LogP) is 1.82. The molecule has 1 atom stereocenters. The highest BCUT2D eigenvalue weighted by Gasteiger charge is 2.27. The molecule has 1 amide bonds. The highest BCUT2D eigenvalue weighted by molar-refractivity contribution is 7.20. The molecule has 2 aromatic rings. The summed E-state index contributed by atoms with van der Waals surface area (Å²) >= 11 is 1.46. The van der Waals surface area contributed by atoms with E-state index in [9.17, 15) is 9.90 Å². The molecule has 0 bridgehead atoms. The van der Waals surface area contributed by atoms with Crippen molar-refractivity contribution in [2.45, 2.75) is 19.4 Å². The van der Waals surface area contributed by atoms with Crippen molar-refractivity contribution in [1.82, 2.24) is 14.8 Å². The van der Waals surface area contributed by atoms with Crippen molar-refractivity contribution in [1.29, 1.82) is 0 Å². The molecule has 1 fully saturated rings. The molecule has 1 N–H and O–H groups in total. The zero-order valence-electron chi connectivity index (χ0n) is 12.7. The average molecular weight is 319 g/mol. The van der Waals surface area contributed by atoms with E-state index in [0.29, 0.717) is 18.1 Å². The maximum atomic E-state index is 12.6. The summed E-state index contributed by atoms with van der Waals surface area (Å²) in [5.41, 5.74) is 0.890. The van der Waals surface area contributed by atoms with E-state index in [1.807, 2.05) is 29.2 Å². The van der Waals surface area contributed by atoms with Crippen LogP contribution in [0.2, 0.25) is 0 Å². The lowest BCUT2D eigenvalue weighted by molar-refractivity contribution is 0.0472. The van der Waals surface area contributed by atoms with Gasteiger partial charge in [0.05, 0.1) is 16.8 Å². The summed E-state index contributed by atoms with van der Waals surface area (Å²) in [6.45, 7) is 5.30. The molecule has 1 aliphatic rings. The zero-order valence-corrected chi connectivity index (χ0v) is 13.6. The molecule has 0 spiro atoms. The normalized spacial score (nSPS) is 17.8. The fourth-order valence-corrected chi connectivity index (χ4v) is 3.83. The molecule has 22 heavy (non-hydrogen) atoms. The molecule has 0 radical (unpaired) electrons. The van der Waals surface area contributed by atoms with E-state index in [4.69, 9.17) is 0 Å². The van der Waals surface area contributed by atoms with Crippen molar-refractivity contribution in [2.24, 2.45) is 0 Å². The number of rotatable bonds is 4. The van der Waals surface area contributed by atoms with Crippen molar-refractivity contribution >= 4 is 27.5 Å². The molecular formula is C16H21N3O2S. The average Bonchev–Trinajstić information content (AvgIpc) is 3.00. The molecule has 118 valence electrons. The van der Waals surface area contributed by atoms with E-state index in [2.05, 4.69) is 16.8 Å². The number of para-hydroxylation sites is 1. The highest BCUT2D eigenvalue weighted by atomic mass is 32.1. The Labute approximate surface area is 134 Å². The van der Waals surface area contributed by atoms with E-state index in [0.717, 1.165) is 29.7 Å². The molecule has 3 rings (SSSR count). The SMILES string of the molecule is CCC(CO)N1CCN(C(=O)c2nc3ccccc3s2)CC1. The second-order valence-corrected chi connectivity index (χ2v) is 6.59. The third kappa shape index (κ3) is 2.99. The van der Waals surface area contributed by atoms with Crippen LogP contribution in [0, 0.1) is 0 Å². The number of nitrogens with zero attached hydrogens (tertiary/aromatic N) is 3. The number of thiazole rings is 1. The van der Waals surface area contributed by atoms with Crippen LogP contribution in [0.5, 0.6) is 0 Å². The van der Waals surface area contributed by atoms with Crippen LogP contribution in [0.15, 0.2) is 24.3 Å². The van der Waals surface area contributed by atoms with Crippen molar-refractivity contribution in [3.63, 3.8) is 0 Å². The zero-order chi connectivity index (χ0) is 15.5. The maximum absolute atomic E-state index is 12.6. The van der Waals surface area contributed by atoms with Gasteiger partial charge < -0.3 is 10.0 Å². The number of benzene rings is 1. The Hall–Kier alpha value is -1.50. The predicted molar refractivity (Wildman–Crippen MR) is 88.3 cm³/mol. The van der Waals surface area contributed by atoms with Crippen LogP contribution in [0.1, 0.15) is 23.1 Å². The van der Waals surface area contributed by atoms with Gasteiger partial charge in [0.2, 0.25) is 0 Å². The minimum Gasteiger partial charge on any atom is -0.395 e. The number of piperazine rings is 1. The fourth-order valence-electron chi connectivity index (χ4n) is 2.89. The van der Waals surface area contributed by atoms with Crippen LogP contribution in [-0.2, 0) is 0 Å². The van der Waals surface area contributed by atoms with Gasteiger partial charge in [-0.25, -0.2) is 4.98 Å². The fraction of sp³-hybridized carbons (Fsp3) is 0.500. The highest BCUT2D eigenvalue weighted by Crippen LogP contribution is 2.23. The summed E-state index contributed by atoms with van der Waals surface area (Å²) in [7, 11) is 0. The Balaban J connectivity index is 1.67. The van der Waals surface area contributed by atoms with Gasteiger partial charge in [-0.1, -0.05) is 19.1 Å². The first kappa shape index (κ1) is 15.4. The number of hydrogen-bond donors (Lipinski definition) is 1. The number of fused-ring (bicyclic) bond motifs is 1. The summed E-state index contributed by atoms with van der Waals surface area (Å²) in [5.74, 6) is 0.0258. The van der Waals surface area contributed by atoms with Crippen molar-refractivity contribution in [3.05, 3.63) is 29.3 Å². The van der Waals surface area contributed by atoms with Crippen LogP contribution in [0.3, 0.4) is 0 Å². The second-order valence-electron chi connectivity index (χ2n) is 5.56. The van der Waals surface area contributed by atoms with Crippen molar-refractivity contribution in [3.8, 4) is 0 Å². The molecule has 0 aliphatic carbocycles. The van der Waals surface area contributed by atoms with Crippen LogP contribution < -0.4 is 0 Å². The molecule has 1 unspecified atom stereocenters. The molecule has 1 aliphatic heterocycles. The Morgan fingerprint density at radius 1 is 1.32 bits per heavy atom. The lowest BCUT2D eigenvalue weighted by Gasteiger charge is -2.38. The number of hydrogen-bond acceptors (Lipinski definition) is 5. The van der Waals surface area contributed by atoms with Gasteiger partial charge in [-0.15, -0.1) is 11.3 Å². The molecule has 6 heteroatoms. The number of amides is 1. The second kappa shape index (κ2) is 6.73. The van der Waals surface area contributed by atoms with Crippen LogP contribution in [-0.4, -0.2) is 64.6 Å². The lowest BCUT2D eigenvalue weighted by Crippen LogP contribution is -2.52. The number of carbonyl (C=O) groups is 1. The summed E-state index contributed by atoms with van der Waals surface area (Å²) < 4.78 is 1.05. The Morgan fingerprint density at radius 2 is 2.05 bits per heavy atom. The Bertz CT molecular complexity index is 613. The van der Waals surface area contributed by atoms with Gasteiger partial charge in [-0.05, 0) is 18.6 Å². The largest absolute Gasteiger partial charge is 0.395 e. The number of carbonyl (C=O) groups excluding carboxylic acids is 1.